The van der Waals surface area contributed by atoms with Gasteiger partial charge in [-0.25, -0.2) is 0 Å². The second kappa shape index (κ2) is 6.71. The van der Waals surface area contributed by atoms with Crippen LogP contribution in [0.4, 0.5) is 5.69 Å². The van der Waals surface area contributed by atoms with E-state index in [1.807, 2.05) is 61.5 Å². The van der Waals surface area contributed by atoms with Gasteiger partial charge in [0.15, 0.2) is 12.4 Å². The summed E-state index contributed by atoms with van der Waals surface area (Å²) in [6, 6.07) is 12.5. The topological polar surface area (TPSA) is 77.1 Å². The van der Waals surface area contributed by atoms with Crippen LogP contribution in [0.3, 0.4) is 0 Å². The first-order valence-corrected chi connectivity index (χ1v) is 7.90. The molecule has 0 saturated carbocycles. The summed E-state index contributed by atoms with van der Waals surface area (Å²) in [5.41, 5.74) is 1.96. The number of pyridine rings is 1. The van der Waals surface area contributed by atoms with E-state index in [2.05, 4.69) is 11.2 Å². The third-order valence-corrected chi connectivity index (χ3v) is 4.34. The number of anilines is 1. The molecule has 6 heteroatoms. The first-order valence-electron chi connectivity index (χ1n) is 7.90. The van der Waals surface area contributed by atoms with E-state index in [9.17, 15) is 9.59 Å². The Kier molecular flexibility index (Phi) is 4.46. The fourth-order valence-electron chi connectivity index (χ4n) is 3.07. The van der Waals surface area contributed by atoms with Crippen molar-refractivity contribution >= 4 is 23.4 Å². The van der Waals surface area contributed by atoms with E-state index in [1.165, 1.54) is 0 Å². The number of carbonyl (C=O) groups excluding carboxylic acids is 2. The van der Waals surface area contributed by atoms with Crippen LogP contribution in [0, 0.1) is 5.41 Å². The third kappa shape index (κ3) is 3.07. The van der Waals surface area contributed by atoms with Crippen LogP contribution in [0.1, 0.15) is 17.5 Å². The quantitative estimate of drug-likeness (QED) is 0.383. The van der Waals surface area contributed by atoms with E-state index in [0.29, 0.717) is 0 Å². The molecule has 2 aromatic rings. The van der Waals surface area contributed by atoms with Crippen molar-refractivity contribution in [2.45, 2.75) is 12.0 Å². The monoisotopic (exact) mass is 335 g/mol. The molecule has 2 N–H and O–H groups in total. The SMILES string of the molecule is CN(C)c1ccc(C2C(=C=N)C(=O)NC(=O)C2[n+]2ccccc2)cc1. The number of nitrogens with one attached hydrogen (secondary N) is 2. The molecule has 1 aromatic heterocycles. The summed E-state index contributed by atoms with van der Waals surface area (Å²) < 4.78 is 1.75. The van der Waals surface area contributed by atoms with Gasteiger partial charge < -0.3 is 4.90 Å². The molecule has 2 unspecified atom stereocenters. The Morgan fingerprint density at radius 3 is 2.28 bits per heavy atom. The maximum Gasteiger partial charge on any atom is 0.296 e. The normalized spacial score (nSPS) is 20.0. The average molecular weight is 335 g/mol. The third-order valence-electron chi connectivity index (χ3n) is 4.34. The maximum atomic E-state index is 12.6. The first kappa shape index (κ1) is 16.6. The van der Waals surface area contributed by atoms with Gasteiger partial charge in [0.1, 0.15) is 0 Å². The predicted octanol–water partition coefficient (Wildman–Crippen LogP) is 1.20. The van der Waals surface area contributed by atoms with Gasteiger partial charge in [-0.15, -0.1) is 0 Å². The van der Waals surface area contributed by atoms with Crippen LogP contribution in [0.5, 0.6) is 0 Å². The Morgan fingerprint density at radius 2 is 1.72 bits per heavy atom. The van der Waals surface area contributed by atoms with E-state index in [1.54, 1.807) is 17.0 Å². The highest BCUT2D eigenvalue weighted by Crippen LogP contribution is 2.35. The van der Waals surface area contributed by atoms with Crippen molar-refractivity contribution in [2.24, 2.45) is 0 Å². The summed E-state index contributed by atoms with van der Waals surface area (Å²) in [6.45, 7) is 0. The minimum Gasteiger partial charge on any atom is -0.378 e. The molecule has 0 aliphatic carbocycles. The molecule has 6 nitrogen and oxygen atoms in total. The summed E-state index contributed by atoms with van der Waals surface area (Å²) in [7, 11) is 3.89. The maximum absolute atomic E-state index is 12.6. The highest BCUT2D eigenvalue weighted by atomic mass is 16.2. The first-order chi connectivity index (χ1) is 12.0. The number of piperidine rings is 1. The molecule has 2 amide bonds. The number of rotatable bonds is 3. The largest absolute Gasteiger partial charge is 0.378 e. The van der Waals surface area contributed by atoms with Gasteiger partial charge in [0.25, 0.3) is 11.8 Å². The zero-order valence-corrected chi connectivity index (χ0v) is 14.1. The number of amides is 2. The zero-order chi connectivity index (χ0) is 18.0. The Hall–Kier alpha value is -3.24. The standard InChI is InChI=1S/C19H18N4O2/c1-22(2)14-8-6-13(7-9-14)16-15(12-20)18(24)21-19(25)17(16)23-10-4-3-5-11-23/h3-11,16-17,20H,1-2H3/p+1. The fraction of sp³-hybridized carbons (Fsp3) is 0.211. The van der Waals surface area contributed by atoms with Gasteiger partial charge in [0, 0.05) is 31.9 Å². The number of carbonyl (C=O) groups is 2. The molecule has 1 aliphatic rings. The van der Waals surface area contributed by atoms with E-state index in [0.717, 1.165) is 11.3 Å². The van der Waals surface area contributed by atoms with E-state index >= 15 is 0 Å². The van der Waals surface area contributed by atoms with Crippen molar-refractivity contribution in [3.8, 4) is 0 Å². The summed E-state index contributed by atoms with van der Waals surface area (Å²) in [4.78, 5) is 26.7. The van der Waals surface area contributed by atoms with E-state index in [4.69, 9.17) is 5.41 Å². The second-order valence-corrected chi connectivity index (χ2v) is 6.09. The summed E-state index contributed by atoms with van der Waals surface area (Å²) >= 11 is 0. The molecule has 1 fully saturated rings. The van der Waals surface area contributed by atoms with Gasteiger partial charge in [0.05, 0.1) is 11.5 Å². The van der Waals surface area contributed by atoms with Crippen molar-refractivity contribution in [1.29, 1.82) is 5.41 Å². The van der Waals surface area contributed by atoms with Crippen LogP contribution in [-0.2, 0) is 9.59 Å². The van der Waals surface area contributed by atoms with Gasteiger partial charge in [-0.3, -0.25) is 20.3 Å². The van der Waals surface area contributed by atoms with Crippen LogP contribution in [-0.4, -0.2) is 31.8 Å². The molecule has 126 valence electrons. The molecule has 2 atom stereocenters. The highest BCUT2D eigenvalue weighted by Gasteiger charge is 2.47. The van der Waals surface area contributed by atoms with Gasteiger partial charge in [-0.05, 0) is 23.6 Å². The van der Waals surface area contributed by atoms with E-state index < -0.39 is 17.9 Å². The average Bonchev–Trinajstić information content (AvgIpc) is 2.62. The molecule has 0 spiro atoms. The van der Waals surface area contributed by atoms with Crippen molar-refractivity contribution in [1.82, 2.24) is 5.32 Å². The number of aromatic nitrogens is 1. The molecule has 25 heavy (non-hydrogen) atoms. The number of hydrogen-bond acceptors (Lipinski definition) is 4. The summed E-state index contributed by atoms with van der Waals surface area (Å²) in [5.74, 6) is 0.724. The number of imide groups is 1. The Bertz CT molecular complexity index is 853. The highest BCUT2D eigenvalue weighted by molar-refractivity contribution is 6.13. The lowest BCUT2D eigenvalue weighted by atomic mass is 9.81. The molecule has 1 aromatic carbocycles. The lowest BCUT2D eigenvalue weighted by Crippen LogP contribution is -2.57. The zero-order valence-electron chi connectivity index (χ0n) is 14.1. The summed E-state index contributed by atoms with van der Waals surface area (Å²) in [5, 5.41) is 9.89. The lowest BCUT2D eigenvalue weighted by molar-refractivity contribution is -0.711. The van der Waals surface area contributed by atoms with E-state index in [-0.39, 0.29) is 11.5 Å². The van der Waals surface area contributed by atoms with Crippen LogP contribution >= 0.6 is 0 Å². The van der Waals surface area contributed by atoms with Crippen LogP contribution in [0.15, 0.2) is 60.4 Å². The van der Waals surface area contributed by atoms with Crippen molar-refractivity contribution < 1.29 is 14.2 Å². The Balaban J connectivity index is 2.13. The van der Waals surface area contributed by atoms with Crippen LogP contribution in [0.25, 0.3) is 0 Å². The second-order valence-electron chi connectivity index (χ2n) is 6.09. The molecular weight excluding hydrogens is 316 g/mol. The van der Waals surface area contributed by atoms with Crippen molar-refractivity contribution in [2.75, 3.05) is 19.0 Å². The molecule has 0 bridgehead atoms. The van der Waals surface area contributed by atoms with Crippen LogP contribution in [0.2, 0.25) is 0 Å². The smallest absolute Gasteiger partial charge is 0.296 e. The van der Waals surface area contributed by atoms with Gasteiger partial charge >= 0.3 is 0 Å². The predicted molar refractivity (Wildman–Crippen MR) is 93.6 cm³/mol. The molecule has 3 rings (SSSR count). The number of nitrogens with zero attached hydrogens (tertiary/aromatic N) is 2. The Morgan fingerprint density at radius 1 is 1.08 bits per heavy atom. The van der Waals surface area contributed by atoms with Gasteiger partial charge in [-0.1, -0.05) is 18.2 Å². The minimum atomic E-state index is -0.656. The molecule has 0 radical (unpaired) electrons. The molecule has 2 heterocycles. The lowest BCUT2D eigenvalue weighted by Gasteiger charge is -2.27. The molecular formula is C19H19N4O2+. The number of benzene rings is 1. The number of hydrogen-bond donors (Lipinski definition) is 2. The Labute approximate surface area is 145 Å². The van der Waals surface area contributed by atoms with Crippen molar-refractivity contribution in [3.05, 3.63) is 66.0 Å². The van der Waals surface area contributed by atoms with Crippen LogP contribution < -0.4 is 14.8 Å². The summed E-state index contributed by atoms with van der Waals surface area (Å²) in [6.07, 6.45) is 3.56. The van der Waals surface area contributed by atoms with Crippen molar-refractivity contribution in [3.63, 3.8) is 0 Å². The van der Waals surface area contributed by atoms with Gasteiger partial charge in [-0.2, -0.15) is 4.57 Å². The molecule has 1 aliphatic heterocycles. The minimum absolute atomic E-state index is 0.151. The fourth-order valence-corrected chi connectivity index (χ4v) is 3.07. The molecule has 1 saturated heterocycles. The van der Waals surface area contributed by atoms with Gasteiger partial charge in [0.2, 0.25) is 6.04 Å².